The van der Waals surface area contributed by atoms with Crippen LogP contribution >= 0.6 is 0 Å². The molecule has 1 fully saturated rings. The molecule has 0 amide bonds. The Morgan fingerprint density at radius 1 is 1.46 bits per heavy atom. The summed E-state index contributed by atoms with van der Waals surface area (Å²) in [6.45, 7) is 2.03. The number of rotatable bonds is 3. The van der Waals surface area contributed by atoms with Gasteiger partial charge in [0.25, 0.3) is 6.43 Å². The van der Waals surface area contributed by atoms with Crippen LogP contribution in [0, 0.1) is 0 Å². The third kappa shape index (κ3) is 3.68. The van der Waals surface area contributed by atoms with Crippen molar-refractivity contribution in [3.63, 3.8) is 0 Å². The first-order valence-corrected chi connectivity index (χ1v) is 7.11. The van der Waals surface area contributed by atoms with Gasteiger partial charge in [-0.05, 0) is 19.0 Å². The van der Waals surface area contributed by atoms with Gasteiger partial charge in [0.05, 0.1) is 0 Å². The van der Waals surface area contributed by atoms with Gasteiger partial charge in [0, 0.05) is 12.5 Å². The Kier molecular flexibility index (Phi) is 4.25. The van der Waals surface area contributed by atoms with Gasteiger partial charge in [-0.2, -0.15) is 0 Å². The van der Waals surface area contributed by atoms with Crippen LogP contribution in [0.15, 0.2) is 0 Å². The smallest absolute Gasteiger partial charge is 0.269 e. The van der Waals surface area contributed by atoms with E-state index in [4.69, 9.17) is 4.43 Å². The average molecular weight is 212 g/mol. The van der Waals surface area contributed by atoms with Gasteiger partial charge in [-0.3, -0.25) is 0 Å². The topological polar surface area (TPSA) is 9.23 Å². The highest BCUT2D eigenvalue weighted by molar-refractivity contribution is 6.50. The fourth-order valence-electron chi connectivity index (χ4n) is 1.63. The average Bonchev–Trinajstić information content (AvgIpc) is 2.04. The van der Waals surface area contributed by atoms with Crippen molar-refractivity contribution in [3.8, 4) is 0 Å². The number of hydrogen-bond donors (Lipinski definition) is 0. The third-order valence-electron chi connectivity index (χ3n) is 2.32. The van der Waals surface area contributed by atoms with E-state index in [-0.39, 0.29) is 12.5 Å². The fourth-order valence-corrected chi connectivity index (χ4v) is 3.48. The molecule has 13 heavy (non-hydrogen) atoms. The first kappa shape index (κ1) is 11.0. The highest BCUT2D eigenvalue weighted by Crippen LogP contribution is 2.23. The van der Waals surface area contributed by atoms with Crippen LogP contribution in [0.4, 0.5) is 13.2 Å². The summed E-state index contributed by atoms with van der Waals surface area (Å²) in [6.07, 6.45) is -3.50. The van der Waals surface area contributed by atoms with E-state index >= 15 is 0 Å². The molecule has 78 valence electrons. The van der Waals surface area contributed by atoms with Gasteiger partial charge >= 0.3 is 0 Å². The third-order valence-corrected chi connectivity index (χ3v) is 4.39. The van der Waals surface area contributed by atoms with E-state index in [0.29, 0.717) is 0 Å². The van der Waals surface area contributed by atoms with Crippen LogP contribution in [0.5, 0.6) is 0 Å². The van der Waals surface area contributed by atoms with Gasteiger partial charge in [0.15, 0.2) is 15.2 Å². The normalized spacial score (nSPS) is 32.1. The lowest BCUT2D eigenvalue weighted by molar-refractivity contribution is 0.0174. The first-order valence-electron chi connectivity index (χ1n) is 4.67. The molecule has 0 aromatic carbocycles. The van der Waals surface area contributed by atoms with Gasteiger partial charge in [0.2, 0.25) is 0 Å². The zero-order chi connectivity index (χ0) is 9.84. The number of hydrogen-bond acceptors (Lipinski definition) is 1. The van der Waals surface area contributed by atoms with E-state index in [0.717, 1.165) is 18.9 Å². The highest BCUT2D eigenvalue weighted by Gasteiger charge is 2.27. The molecule has 0 radical (unpaired) electrons. The van der Waals surface area contributed by atoms with E-state index in [9.17, 15) is 13.2 Å². The van der Waals surface area contributed by atoms with E-state index in [1.54, 1.807) is 0 Å². The zero-order valence-electron chi connectivity index (χ0n) is 7.68. The SMILES string of the molecule is C[SiH]1CCCC(CC(F)C(F)F)O1. The molecule has 0 spiro atoms. The van der Waals surface area contributed by atoms with Gasteiger partial charge in [-0.25, -0.2) is 13.2 Å². The van der Waals surface area contributed by atoms with Crippen LogP contribution in [0.3, 0.4) is 0 Å². The van der Waals surface area contributed by atoms with Gasteiger partial charge in [0.1, 0.15) is 0 Å². The zero-order valence-corrected chi connectivity index (χ0v) is 8.83. The van der Waals surface area contributed by atoms with Crippen molar-refractivity contribution >= 4 is 9.04 Å². The van der Waals surface area contributed by atoms with Gasteiger partial charge < -0.3 is 4.43 Å². The number of halogens is 3. The minimum Gasteiger partial charge on any atom is -0.417 e. The molecule has 1 saturated heterocycles. The van der Waals surface area contributed by atoms with Gasteiger partial charge in [-0.1, -0.05) is 6.42 Å². The van der Waals surface area contributed by atoms with Crippen molar-refractivity contribution in [2.75, 3.05) is 0 Å². The molecule has 3 atom stereocenters. The molecule has 1 aliphatic rings. The van der Waals surface area contributed by atoms with Crippen LogP contribution in [-0.4, -0.2) is 27.7 Å². The van der Waals surface area contributed by atoms with Crippen LogP contribution in [0.2, 0.25) is 12.6 Å². The molecule has 1 heterocycles. The maximum absolute atomic E-state index is 12.6. The van der Waals surface area contributed by atoms with Crippen LogP contribution < -0.4 is 0 Å². The van der Waals surface area contributed by atoms with Crippen LogP contribution in [0.25, 0.3) is 0 Å². The lowest BCUT2D eigenvalue weighted by Gasteiger charge is -2.28. The summed E-state index contributed by atoms with van der Waals surface area (Å²) in [4.78, 5) is 0. The van der Waals surface area contributed by atoms with Crippen LogP contribution in [0.1, 0.15) is 19.3 Å². The lowest BCUT2D eigenvalue weighted by atomic mass is 10.1. The molecular weight excluding hydrogens is 197 g/mol. The Balaban J connectivity index is 2.27. The summed E-state index contributed by atoms with van der Waals surface area (Å²) in [5, 5.41) is 0. The Labute approximate surface area is 78.0 Å². The van der Waals surface area contributed by atoms with Gasteiger partial charge in [-0.15, -0.1) is 0 Å². The Hall–Kier alpha value is -0.0331. The molecule has 0 saturated carbocycles. The Morgan fingerprint density at radius 2 is 2.15 bits per heavy atom. The first-order chi connectivity index (χ1) is 6.09. The largest absolute Gasteiger partial charge is 0.417 e. The quantitative estimate of drug-likeness (QED) is 0.653. The van der Waals surface area contributed by atoms with E-state index < -0.39 is 21.6 Å². The molecule has 1 rings (SSSR count). The fraction of sp³-hybridized carbons (Fsp3) is 1.00. The number of alkyl halides is 3. The molecular formula is C8H15F3OSi. The molecule has 0 aromatic rings. The van der Waals surface area contributed by atoms with E-state index in [1.807, 2.05) is 6.55 Å². The molecule has 0 aromatic heterocycles. The summed E-state index contributed by atoms with van der Waals surface area (Å²) in [5.74, 6) is 0. The highest BCUT2D eigenvalue weighted by atomic mass is 28.3. The summed E-state index contributed by atoms with van der Waals surface area (Å²) >= 11 is 0. The van der Waals surface area contributed by atoms with Crippen LogP contribution in [-0.2, 0) is 4.43 Å². The summed E-state index contributed by atoms with van der Waals surface area (Å²) in [5.41, 5.74) is 0. The van der Waals surface area contributed by atoms with E-state index in [2.05, 4.69) is 0 Å². The molecule has 0 aliphatic carbocycles. The molecule has 1 aliphatic heterocycles. The molecule has 0 N–H and O–H groups in total. The minimum atomic E-state index is -2.86. The van der Waals surface area contributed by atoms with Crippen molar-refractivity contribution in [3.05, 3.63) is 0 Å². The minimum absolute atomic E-state index is 0.130. The summed E-state index contributed by atoms with van der Waals surface area (Å²) in [6, 6.07) is 1.09. The monoisotopic (exact) mass is 212 g/mol. The second-order valence-corrected chi connectivity index (χ2v) is 6.06. The maximum Gasteiger partial charge on any atom is 0.269 e. The predicted molar refractivity (Wildman–Crippen MR) is 47.4 cm³/mol. The van der Waals surface area contributed by atoms with Crippen molar-refractivity contribution in [1.29, 1.82) is 0 Å². The van der Waals surface area contributed by atoms with Crippen molar-refractivity contribution in [2.24, 2.45) is 0 Å². The summed E-state index contributed by atoms with van der Waals surface area (Å²) < 4.78 is 41.8. The van der Waals surface area contributed by atoms with E-state index in [1.165, 1.54) is 0 Å². The standard InChI is InChI=1S/C8H15F3OSi/c1-13-4-2-3-6(12-13)5-7(9)8(10)11/h6-8,13H,2-5H2,1H3. The second-order valence-electron chi connectivity index (χ2n) is 3.59. The predicted octanol–water partition coefficient (Wildman–Crippen LogP) is 2.51. The maximum atomic E-state index is 12.6. The van der Waals surface area contributed by atoms with Crippen molar-refractivity contribution in [1.82, 2.24) is 0 Å². The summed E-state index contributed by atoms with van der Waals surface area (Å²) in [7, 11) is -1.15. The lowest BCUT2D eigenvalue weighted by Crippen LogP contribution is -2.31. The van der Waals surface area contributed by atoms with Crippen molar-refractivity contribution in [2.45, 2.75) is 50.6 Å². The Bertz CT molecular complexity index is 156. The Morgan fingerprint density at radius 3 is 2.69 bits per heavy atom. The molecule has 3 unspecified atom stereocenters. The second kappa shape index (κ2) is 5.00. The van der Waals surface area contributed by atoms with Crippen molar-refractivity contribution < 1.29 is 17.6 Å². The molecule has 0 bridgehead atoms. The molecule has 1 nitrogen and oxygen atoms in total. The molecule has 5 heteroatoms.